The summed E-state index contributed by atoms with van der Waals surface area (Å²) in [5.41, 5.74) is 0. The third-order valence-corrected chi connectivity index (χ3v) is 1.86. The van der Waals surface area contributed by atoms with E-state index >= 15 is 0 Å². The van der Waals surface area contributed by atoms with E-state index in [1.54, 1.807) is 6.08 Å². The molecule has 1 saturated heterocycles. The van der Waals surface area contributed by atoms with Gasteiger partial charge in [-0.15, -0.1) is 6.58 Å². The number of rotatable bonds is 1. The third-order valence-electron chi connectivity index (χ3n) is 1.86. The average molecular weight is 139 g/mol. The molecule has 2 heteroatoms. The summed E-state index contributed by atoms with van der Waals surface area (Å²) >= 11 is 0. The van der Waals surface area contributed by atoms with E-state index in [4.69, 9.17) is 0 Å². The van der Waals surface area contributed by atoms with Crippen LogP contribution < -0.4 is 5.32 Å². The van der Waals surface area contributed by atoms with E-state index in [2.05, 4.69) is 11.9 Å². The van der Waals surface area contributed by atoms with Crippen LogP contribution in [0.5, 0.6) is 0 Å². The smallest absolute Gasteiger partial charge is 0.226 e. The quantitative estimate of drug-likeness (QED) is 0.541. The van der Waals surface area contributed by atoms with E-state index < -0.39 is 0 Å². The minimum absolute atomic E-state index is 0.0579. The Morgan fingerprint density at radius 3 is 3.10 bits per heavy atom. The molecule has 10 heavy (non-hydrogen) atoms. The summed E-state index contributed by atoms with van der Waals surface area (Å²) in [5, 5.41) is 2.84. The summed E-state index contributed by atoms with van der Waals surface area (Å²) in [4.78, 5) is 11.1. The maximum absolute atomic E-state index is 11.1. The van der Waals surface area contributed by atoms with Gasteiger partial charge in [-0.1, -0.05) is 12.5 Å². The second-order valence-corrected chi connectivity index (χ2v) is 2.63. The number of hydrogen-bond acceptors (Lipinski definition) is 1. The van der Waals surface area contributed by atoms with E-state index in [9.17, 15) is 4.79 Å². The zero-order chi connectivity index (χ0) is 7.40. The van der Waals surface area contributed by atoms with Crippen molar-refractivity contribution >= 4 is 5.91 Å². The highest BCUT2D eigenvalue weighted by molar-refractivity contribution is 5.80. The Morgan fingerprint density at radius 2 is 2.40 bits per heavy atom. The Labute approximate surface area is 61.3 Å². The fourth-order valence-electron chi connectivity index (χ4n) is 1.19. The lowest BCUT2D eigenvalue weighted by Crippen LogP contribution is -2.27. The Morgan fingerprint density at radius 1 is 1.60 bits per heavy atom. The van der Waals surface area contributed by atoms with Gasteiger partial charge in [0.05, 0.1) is 5.92 Å². The molecule has 1 aliphatic rings. The molecule has 1 atom stereocenters. The first-order valence-corrected chi connectivity index (χ1v) is 3.75. The molecule has 0 aromatic heterocycles. The molecule has 0 unspecified atom stereocenters. The molecule has 0 aromatic carbocycles. The molecule has 1 heterocycles. The molecule has 0 saturated carbocycles. The van der Waals surface area contributed by atoms with Gasteiger partial charge in [0.1, 0.15) is 0 Å². The second-order valence-electron chi connectivity index (χ2n) is 2.63. The standard InChI is InChI=1S/C8H13NO/c1-2-7-5-3-4-6-9-8(7)10/h2,7H,1,3-6H2,(H,9,10)/t7-/m1/s1. The predicted molar refractivity (Wildman–Crippen MR) is 40.5 cm³/mol. The van der Waals surface area contributed by atoms with Crippen LogP contribution in [0.25, 0.3) is 0 Å². The van der Waals surface area contributed by atoms with Crippen LogP contribution in [-0.4, -0.2) is 12.5 Å². The first-order chi connectivity index (χ1) is 4.84. The number of hydrogen-bond donors (Lipinski definition) is 1. The maximum atomic E-state index is 11.1. The molecule has 0 aromatic rings. The zero-order valence-electron chi connectivity index (χ0n) is 6.10. The van der Waals surface area contributed by atoms with Crippen LogP contribution in [0.3, 0.4) is 0 Å². The summed E-state index contributed by atoms with van der Waals surface area (Å²) in [7, 11) is 0. The SMILES string of the molecule is C=C[C@@H]1CCCCNC1=O. The van der Waals surface area contributed by atoms with Gasteiger partial charge in [0.15, 0.2) is 0 Å². The Hall–Kier alpha value is -0.790. The number of nitrogens with one attached hydrogen (secondary N) is 1. The summed E-state index contributed by atoms with van der Waals surface area (Å²) in [6, 6.07) is 0. The molecule has 1 N–H and O–H groups in total. The van der Waals surface area contributed by atoms with Crippen LogP contribution in [0, 0.1) is 5.92 Å². The lowest BCUT2D eigenvalue weighted by Gasteiger charge is -2.05. The minimum Gasteiger partial charge on any atom is -0.356 e. The Bertz CT molecular complexity index is 142. The van der Waals surface area contributed by atoms with E-state index in [1.165, 1.54) is 0 Å². The highest BCUT2D eigenvalue weighted by Gasteiger charge is 2.16. The van der Waals surface area contributed by atoms with Gasteiger partial charge in [0.25, 0.3) is 0 Å². The van der Waals surface area contributed by atoms with Crippen LogP contribution in [-0.2, 0) is 4.79 Å². The maximum Gasteiger partial charge on any atom is 0.226 e. The molecule has 1 fully saturated rings. The van der Waals surface area contributed by atoms with Crippen molar-refractivity contribution < 1.29 is 4.79 Å². The van der Waals surface area contributed by atoms with Crippen LogP contribution >= 0.6 is 0 Å². The van der Waals surface area contributed by atoms with Gasteiger partial charge in [-0.05, 0) is 12.8 Å². The summed E-state index contributed by atoms with van der Waals surface area (Å²) in [6.45, 7) is 4.45. The number of amides is 1. The van der Waals surface area contributed by atoms with Crippen LogP contribution in [0.1, 0.15) is 19.3 Å². The first kappa shape index (κ1) is 7.32. The van der Waals surface area contributed by atoms with Gasteiger partial charge in [-0.2, -0.15) is 0 Å². The van der Waals surface area contributed by atoms with Crippen molar-refractivity contribution in [1.29, 1.82) is 0 Å². The highest BCUT2D eigenvalue weighted by Crippen LogP contribution is 2.12. The van der Waals surface area contributed by atoms with Crippen LogP contribution in [0.4, 0.5) is 0 Å². The first-order valence-electron chi connectivity index (χ1n) is 3.75. The molecule has 56 valence electrons. The highest BCUT2D eigenvalue weighted by atomic mass is 16.1. The zero-order valence-corrected chi connectivity index (χ0v) is 6.10. The van der Waals surface area contributed by atoms with Crippen molar-refractivity contribution in [3.05, 3.63) is 12.7 Å². The molecule has 0 radical (unpaired) electrons. The van der Waals surface area contributed by atoms with E-state index in [0.29, 0.717) is 0 Å². The predicted octanol–water partition coefficient (Wildman–Crippen LogP) is 1.09. The molecular weight excluding hydrogens is 126 g/mol. The van der Waals surface area contributed by atoms with Crippen molar-refractivity contribution in [2.45, 2.75) is 19.3 Å². The van der Waals surface area contributed by atoms with Gasteiger partial charge >= 0.3 is 0 Å². The number of carbonyl (C=O) groups excluding carboxylic acids is 1. The van der Waals surface area contributed by atoms with Crippen molar-refractivity contribution in [3.8, 4) is 0 Å². The largest absolute Gasteiger partial charge is 0.356 e. The molecule has 1 rings (SSSR count). The van der Waals surface area contributed by atoms with Gasteiger partial charge in [0, 0.05) is 6.54 Å². The summed E-state index contributed by atoms with van der Waals surface area (Å²) < 4.78 is 0. The molecule has 0 bridgehead atoms. The van der Waals surface area contributed by atoms with Crippen molar-refractivity contribution in [1.82, 2.24) is 5.32 Å². The van der Waals surface area contributed by atoms with Crippen molar-refractivity contribution in [2.24, 2.45) is 5.92 Å². The van der Waals surface area contributed by atoms with Gasteiger partial charge in [0.2, 0.25) is 5.91 Å². The van der Waals surface area contributed by atoms with E-state index in [0.717, 1.165) is 25.8 Å². The summed E-state index contributed by atoms with van der Waals surface area (Å²) in [6.07, 6.45) is 4.95. The monoisotopic (exact) mass is 139 g/mol. The molecule has 0 aliphatic carbocycles. The molecule has 0 spiro atoms. The molecule has 1 amide bonds. The van der Waals surface area contributed by atoms with Gasteiger partial charge < -0.3 is 5.32 Å². The minimum atomic E-state index is 0.0579. The van der Waals surface area contributed by atoms with E-state index in [1.807, 2.05) is 0 Å². The lowest BCUT2D eigenvalue weighted by atomic mass is 10.0. The lowest BCUT2D eigenvalue weighted by molar-refractivity contribution is -0.123. The van der Waals surface area contributed by atoms with Crippen LogP contribution in [0.15, 0.2) is 12.7 Å². The summed E-state index contributed by atoms with van der Waals surface area (Å²) in [5.74, 6) is 0.204. The van der Waals surface area contributed by atoms with Gasteiger partial charge in [-0.3, -0.25) is 4.79 Å². The second kappa shape index (κ2) is 3.40. The molecule has 2 nitrogen and oxygen atoms in total. The number of carbonyl (C=O) groups is 1. The average Bonchev–Trinajstić information content (AvgIpc) is 2.13. The molecular formula is C8H13NO. The fourth-order valence-corrected chi connectivity index (χ4v) is 1.19. The van der Waals surface area contributed by atoms with Crippen LogP contribution in [0.2, 0.25) is 0 Å². The van der Waals surface area contributed by atoms with Crippen molar-refractivity contribution in [2.75, 3.05) is 6.54 Å². The Kier molecular flexibility index (Phi) is 2.49. The fraction of sp³-hybridized carbons (Fsp3) is 0.625. The van der Waals surface area contributed by atoms with Gasteiger partial charge in [-0.25, -0.2) is 0 Å². The van der Waals surface area contributed by atoms with Crippen molar-refractivity contribution in [3.63, 3.8) is 0 Å². The molecule has 1 aliphatic heterocycles. The topological polar surface area (TPSA) is 29.1 Å². The third kappa shape index (κ3) is 1.59. The van der Waals surface area contributed by atoms with E-state index in [-0.39, 0.29) is 11.8 Å². The normalized spacial score (nSPS) is 26.8. The Balaban J connectivity index is 2.51.